The minimum absolute atomic E-state index is 0.261. The molecule has 2 aromatic heterocycles. The molecule has 1 aliphatic heterocycles. The van der Waals surface area contributed by atoms with Crippen molar-refractivity contribution in [3.8, 4) is 0 Å². The third-order valence-electron chi connectivity index (χ3n) is 4.86. The highest BCUT2D eigenvalue weighted by atomic mass is 16.1. The smallest absolute Gasteiger partial charge is 0.143 e. The summed E-state index contributed by atoms with van der Waals surface area (Å²) < 4.78 is 0. The molecule has 1 atom stereocenters. The molecule has 0 saturated heterocycles. The summed E-state index contributed by atoms with van der Waals surface area (Å²) in [5.41, 5.74) is 3.89. The first-order valence-corrected chi connectivity index (χ1v) is 8.79. The van der Waals surface area contributed by atoms with Gasteiger partial charge in [-0.1, -0.05) is 18.2 Å². The molecule has 3 heterocycles. The third-order valence-corrected chi connectivity index (χ3v) is 4.86. The van der Waals surface area contributed by atoms with Crippen LogP contribution in [0, 0.1) is 0 Å². The van der Waals surface area contributed by atoms with Crippen LogP contribution in [0.4, 0.5) is 5.82 Å². The highest BCUT2D eigenvalue weighted by molar-refractivity contribution is 5.78. The van der Waals surface area contributed by atoms with Crippen LogP contribution in [0.2, 0.25) is 0 Å². The summed E-state index contributed by atoms with van der Waals surface area (Å²) in [5.74, 6) is 0.790. The molecule has 6 nitrogen and oxygen atoms in total. The number of carbonyl (C=O) groups is 1. The maximum Gasteiger partial charge on any atom is 0.143 e. The van der Waals surface area contributed by atoms with Gasteiger partial charge in [-0.15, -0.1) is 0 Å². The van der Waals surface area contributed by atoms with Gasteiger partial charge in [-0.2, -0.15) is 0 Å². The van der Waals surface area contributed by atoms with Crippen molar-refractivity contribution in [1.29, 1.82) is 0 Å². The Balaban J connectivity index is 1.58. The van der Waals surface area contributed by atoms with Crippen LogP contribution in [0.1, 0.15) is 36.7 Å². The van der Waals surface area contributed by atoms with Crippen LogP contribution in [-0.2, 0) is 17.9 Å². The Labute approximate surface area is 152 Å². The van der Waals surface area contributed by atoms with E-state index in [1.54, 1.807) is 0 Å². The molecular formula is C20H21N5O. The van der Waals surface area contributed by atoms with Gasteiger partial charge in [0, 0.05) is 36.3 Å². The van der Waals surface area contributed by atoms with E-state index in [4.69, 9.17) is 0 Å². The fourth-order valence-electron chi connectivity index (χ4n) is 3.47. The van der Waals surface area contributed by atoms with Gasteiger partial charge in [0.25, 0.3) is 0 Å². The number of nitrogens with one attached hydrogen (secondary N) is 1. The van der Waals surface area contributed by atoms with Crippen LogP contribution in [0.25, 0.3) is 10.9 Å². The van der Waals surface area contributed by atoms with E-state index in [-0.39, 0.29) is 12.1 Å². The quantitative estimate of drug-likeness (QED) is 0.715. The Morgan fingerprint density at radius 2 is 2.12 bits per heavy atom. The lowest BCUT2D eigenvalue weighted by Gasteiger charge is -2.23. The van der Waals surface area contributed by atoms with Crippen LogP contribution in [0.5, 0.6) is 0 Å². The zero-order chi connectivity index (χ0) is 18.1. The minimum atomic E-state index is -0.295. The number of nitrogens with zero attached hydrogens (tertiary/aromatic N) is 4. The second-order valence-corrected chi connectivity index (χ2v) is 6.82. The predicted molar refractivity (Wildman–Crippen MR) is 101 cm³/mol. The van der Waals surface area contributed by atoms with Gasteiger partial charge in [0.1, 0.15) is 24.5 Å². The molecule has 1 aromatic carbocycles. The van der Waals surface area contributed by atoms with E-state index in [9.17, 15) is 4.79 Å². The Kier molecular flexibility index (Phi) is 4.34. The largest absolute Gasteiger partial charge is 0.366 e. The number of fused-ring (bicyclic) bond motifs is 2. The Morgan fingerprint density at radius 1 is 1.27 bits per heavy atom. The molecule has 0 bridgehead atoms. The molecule has 26 heavy (non-hydrogen) atoms. The second-order valence-electron chi connectivity index (χ2n) is 6.82. The first-order valence-electron chi connectivity index (χ1n) is 8.79. The average Bonchev–Trinajstić information content (AvgIpc) is 3.05. The molecule has 4 rings (SSSR count). The summed E-state index contributed by atoms with van der Waals surface area (Å²) in [7, 11) is 0. The van der Waals surface area contributed by atoms with Gasteiger partial charge in [0.2, 0.25) is 0 Å². The van der Waals surface area contributed by atoms with E-state index in [0.29, 0.717) is 13.1 Å². The summed E-state index contributed by atoms with van der Waals surface area (Å²) in [6.07, 6.45) is 4.38. The molecule has 1 aliphatic rings. The highest BCUT2D eigenvalue weighted by Gasteiger charge is 2.34. The lowest BCUT2D eigenvalue weighted by molar-refractivity contribution is -0.113. The van der Waals surface area contributed by atoms with Gasteiger partial charge >= 0.3 is 0 Å². The minimum Gasteiger partial charge on any atom is -0.366 e. The molecule has 0 amide bonds. The van der Waals surface area contributed by atoms with Crippen LogP contribution in [0.15, 0.2) is 42.9 Å². The van der Waals surface area contributed by atoms with Crippen LogP contribution in [0.3, 0.4) is 0 Å². The van der Waals surface area contributed by atoms with Crippen LogP contribution in [-0.4, -0.2) is 32.2 Å². The molecule has 0 radical (unpaired) electrons. The van der Waals surface area contributed by atoms with Crippen molar-refractivity contribution in [2.75, 3.05) is 5.32 Å². The first-order chi connectivity index (χ1) is 12.7. The lowest BCUT2D eigenvalue weighted by Crippen LogP contribution is -2.30. The summed E-state index contributed by atoms with van der Waals surface area (Å²) in [4.78, 5) is 27.0. The lowest BCUT2D eigenvalue weighted by atomic mass is 10.1. The number of pyridine rings is 1. The van der Waals surface area contributed by atoms with Crippen molar-refractivity contribution >= 4 is 23.0 Å². The number of carbonyl (C=O) groups excluding carboxylic acids is 1. The van der Waals surface area contributed by atoms with Crippen LogP contribution < -0.4 is 5.32 Å². The monoisotopic (exact) mass is 347 g/mol. The molecule has 3 aromatic rings. The van der Waals surface area contributed by atoms with E-state index >= 15 is 0 Å². The number of aromatic nitrogens is 3. The van der Waals surface area contributed by atoms with E-state index in [1.165, 1.54) is 6.33 Å². The fraction of sp³-hybridized carbons (Fsp3) is 0.300. The van der Waals surface area contributed by atoms with Gasteiger partial charge in [0.05, 0.1) is 11.2 Å². The van der Waals surface area contributed by atoms with E-state index in [2.05, 4.69) is 51.1 Å². The molecule has 0 aliphatic carbocycles. The molecule has 1 N–H and O–H groups in total. The maximum absolute atomic E-state index is 11.6. The SMILES string of the molecule is CC(C)N1Cc2c(NCc3cnc4ccccc4c3)ncnc2C1C=O. The predicted octanol–water partition coefficient (Wildman–Crippen LogP) is 3.10. The molecule has 0 spiro atoms. The molecule has 6 heteroatoms. The summed E-state index contributed by atoms with van der Waals surface area (Å²) in [6, 6.07) is 10.2. The Hall–Kier alpha value is -2.86. The van der Waals surface area contributed by atoms with E-state index in [1.807, 2.05) is 24.4 Å². The third kappa shape index (κ3) is 2.93. The summed E-state index contributed by atoms with van der Waals surface area (Å²) in [6.45, 7) is 5.47. The summed E-state index contributed by atoms with van der Waals surface area (Å²) in [5, 5.41) is 4.51. The Bertz CT molecular complexity index is 956. The number of hydrogen-bond donors (Lipinski definition) is 1. The van der Waals surface area contributed by atoms with Crippen molar-refractivity contribution < 1.29 is 4.79 Å². The van der Waals surface area contributed by atoms with Crippen molar-refractivity contribution in [3.05, 3.63) is 59.7 Å². The summed E-state index contributed by atoms with van der Waals surface area (Å²) >= 11 is 0. The number of rotatable bonds is 5. The number of para-hydroxylation sites is 1. The molecule has 132 valence electrons. The highest BCUT2D eigenvalue weighted by Crippen LogP contribution is 2.35. The first kappa shape index (κ1) is 16.6. The van der Waals surface area contributed by atoms with Gasteiger partial charge in [-0.05, 0) is 31.5 Å². The van der Waals surface area contributed by atoms with Gasteiger partial charge < -0.3 is 10.1 Å². The van der Waals surface area contributed by atoms with Crippen molar-refractivity contribution in [3.63, 3.8) is 0 Å². The van der Waals surface area contributed by atoms with Crippen molar-refractivity contribution in [2.24, 2.45) is 0 Å². The number of aldehydes is 1. The normalized spacial score (nSPS) is 16.8. The number of anilines is 1. The zero-order valence-electron chi connectivity index (χ0n) is 14.9. The average molecular weight is 347 g/mol. The molecule has 1 unspecified atom stereocenters. The molecule has 0 fully saturated rings. The van der Waals surface area contributed by atoms with E-state index in [0.717, 1.165) is 39.8 Å². The number of hydrogen-bond acceptors (Lipinski definition) is 6. The maximum atomic E-state index is 11.6. The van der Waals surface area contributed by atoms with Crippen LogP contribution >= 0.6 is 0 Å². The standard InChI is InChI=1S/C20H21N5O/c1-13(2)25-10-16-19(18(25)11-26)23-12-24-20(16)22-9-14-7-15-5-3-4-6-17(15)21-8-14/h3-8,11-13,18H,9-10H2,1-2H3,(H,22,23,24). The zero-order valence-corrected chi connectivity index (χ0v) is 14.9. The van der Waals surface area contributed by atoms with E-state index < -0.39 is 0 Å². The van der Waals surface area contributed by atoms with Crippen molar-refractivity contribution in [1.82, 2.24) is 19.9 Å². The second kappa shape index (κ2) is 6.80. The topological polar surface area (TPSA) is 71.0 Å². The van der Waals surface area contributed by atoms with Gasteiger partial charge in [-0.3, -0.25) is 9.88 Å². The number of benzene rings is 1. The van der Waals surface area contributed by atoms with Gasteiger partial charge in [0.15, 0.2) is 0 Å². The molecular weight excluding hydrogens is 326 g/mol. The Morgan fingerprint density at radius 3 is 2.92 bits per heavy atom. The van der Waals surface area contributed by atoms with Crippen molar-refractivity contribution in [2.45, 2.75) is 39.0 Å². The fourth-order valence-corrected chi connectivity index (χ4v) is 3.47. The molecule has 0 saturated carbocycles. The van der Waals surface area contributed by atoms with Gasteiger partial charge in [-0.25, -0.2) is 9.97 Å².